The molecule has 134 valence electrons. The fourth-order valence-corrected chi connectivity index (χ4v) is 2.70. The van der Waals surface area contributed by atoms with Crippen LogP contribution in [0.5, 0.6) is 0 Å². The molecular weight excluding hydrogens is 338 g/mol. The largest absolute Gasteiger partial charge is 0.477 e. The quantitative estimate of drug-likeness (QED) is 0.721. The predicted molar refractivity (Wildman–Crippen MR) is 90.8 cm³/mol. The van der Waals surface area contributed by atoms with Gasteiger partial charge in [0.15, 0.2) is 5.76 Å². The number of carboxylic acids is 1. The number of nitrogens with one attached hydrogen (secondary N) is 1. The Hall–Kier alpha value is -3.42. The van der Waals surface area contributed by atoms with Crippen molar-refractivity contribution in [3.05, 3.63) is 59.0 Å². The molecule has 0 bridgehead atoms. The van der Waals surface area contributed by atoms with Crippen LogP contribution in [0.3, 0.4) is 0 Å². The van der Waals surface area contributed by atoms with E-state index < -0.39 is 12.0 Å². The number of carbonyl (C=O) groups excluding carboxylic acids is 1. The number of pyridine rings is 1. The molecule has 26 heavy (non-hydrogen) atoms. The van der Waals surface area contributed by atoms with Gasteiger partial charge in [0.25, 0.3) is 5.91 Å². The number of aryl methyl sites for hydroxylation is 2. The van der Waals surface area contributed by atoms with Crippen molar-refractivity contribution in [2.24, 2.45) is 0 Å². The molecule has 0 saturated heterocycles. The minimum absolute atomic E-state index is 0.0579. The highest BCUT2D eigenvalue weighted by molar-refractivity contribution is 5.97. The van der Waals surface area contributed by atoms with Crippen molar-refractivity contribution >= 4 is 11.9 Å². The van der Waals surface area contributed by atoms with Crippen LogP contribution in [-0.2, 0) is 0 Å². The second kappa shape index (κ2) is 6.83. The van der Waals surface area contributed by atoms with Gasteiger partial charge in [-0.25, -0.2) is 4.79 Å². The van der Waals surface area contributed by atoms with Crippen molar-refractivity contribution in [2.45, 2.75) is 26.8 Å². The monoisotopic (exact) mass is 355 g/mol. The Morgan fingerprint density at radius 3 is 2.65 bits per heavy atom. The molecule has 8 heteroatoms. The number of furan rings is 1. The standard InChI is InChI=1S/C18H17N3O5/c1-9-7-13(11(3)25-9)17(22)20-10(2)16-14(18(23)24)15(21-26-16)12-5-4-6-19-8-12/h4-8,10H,1-3H3,(H,20,22)(H,23,24)/t10-/m1/s1. The lowest BCUT2D eigenvalue weighted by Gasteiger charge is -2.11. The summed E-state index contributed by atoms with van der Waals surface area (Å²) in [5.41, 5.74) is 0.959. The smallest absolute Gasteiger partial charge is 0.341 e. The molecule has 3 heterocycles. The summed E-state index contributed by atoms with van der Waals surface area (Å²) in [6, 6.07) is 4.27. The van der Waals surface area contributed by atoms with E-state index >= 15 is 0 Å². The summed E-state index contributed by atoms with van der Waals surface area (Å²) in [4.78, 5) is 28.1. The highest BCUT2D eigenvalue weighted by atomic mass is 16.5. The second-order valence-corrected chi connectivity index (χ2v) is 5.84. The molecule has 3 aromatic rings. The van der Waals surface area contributed by atoms with Gasteiger partial charge in [-0.15, -0.1) is 0 Å². The van der Waals surface area contributed by atoms with Gasteiger partial charge in [-0.3, -0.25) is 9.78 Å². The summed E-state index contributed by atoms with van der Waals surface area (Å²) in [6.45, 7) is 5.05. The third-order valence-electron chi connectivity index (χ3n) is 3.89. The summed E-state index contributed by atoms with van der Waals surface area (Å²) < 4.78 is 10.6. The number of hydrogen-bond donors (Lipinski definition) is 2. The minimum Gasteiger partial charge on any atom is -0.477 e. The molecule has 1 amide bonds. The van der Waals surface area contributed by atoms with Crippen molar-refractivity contribution in [1.82, 2.24) is 15.5 Å². The number of carboxylic acid groups (broad SMARTS) is 1. The third-order valence-corrected chi connectivity index (χ3v) is 3.89. The molecule has 0 aliphatic carbocycles. The Kier molecular flexibility index (Phi) is 4.57. The Labute approximate surface area is 148 Å². The van der Waals surface area contributed by atoms with Crippen LogP contribution in [0, 0.1) is 13.8 Å². The van der Waals surface area contributed by atoms with Crippen LogP contribution in [-0.4, -0.2) is 27.1 Å². The fourth-order valence-electron chi connectivity index (χ4n) is 2.70. The second-order valence-electron chi connectivity index (χ2n) is 5.84. The molecule has 0 aliphatic rings. The molecule has 0 unspecified atom stereocenters. The molecule has 8 nitrogen and oxygen atoms in total. The highest BCUT2D eigenvalue weighted by Crippen LogP contribution is 2.29. The van der Waals surface area contributed by atoms with Crippen LogP contribution in [0.1, 0.15) is 51.0 Å². The van der Waals surface area contributed by atoms with Crippen LogP contribution in [0.25, 0.3) is 11.3 Å². The number of hydrogen-bond acceptors (Lipinski definition) is 6. The molecule has 0 radical (unpaired) electrons. The first-order valence-electron chi connectivity index (χ1n) is 7.89. The van der Waals surface area contributed by atoms with Gasteiger partial charge in [-0.05, 0) is 39.0 Å². The average Bonchev–Trinajstić information content (AvgIpc) is 3.19. The molecule has 0 spiro atoms. The average molecular weight is 355 g/mol. The van der Waals surface area contributed by atoms with E-state index in [1.807, 2.05) is 0 Å². The van der Waals surface area contributed by atoms with Gasteiger partial charge in [-0.1, -0.05) is 5.16 Å². The van der Waals surface area contributed by atoms with E-state index in [0.717, 1.165) is 0 Å². The maximum atomic E-state index is 12.4. The molecule has 0 saturated carbocycles. The molecule has 0 aliphatic heterocycles. The molecule has 2 N–H and O–H groups in total. The third kappa shape index (κ3) is 3.21. The number of amides is 1. The molecule has 3 aromatic heterocycles. The van der Waals surface area contributed by atoms with Gasteiger partial charge in [0.2, 0.25) is 0 Å². The van der Waals surface area contributed by atoms with Crippen molar-refractivity contribution in [3.8, 4) is 11.3 Å². The Morgan fingerprint density at radius 2 is 2.08 bits per heavy atom. The first kappa shape index (κ1) is 17.4. The zero-order chi connectivity index (χ0) is 18.8. The van der Waals surface area contributed by atoms with Crippen molar-refractivity contribution < 1.29 is 23.6 Å². The zero-order valence-corrected chi connectivity index (χ0v) is 14.4. The van der Waals surface area contributed by atoms with E-state index in [2.05, 4.69) is 15.5 Å². The lowest BCUT2D eigenvalue weighted by Crippen LogP contribution is -2.27. The van der Waals surface area contributed by atoms with Crippen molar-refractivity contribution in [1.29, 1.82) is 0 Å². The topological polar surface area (TPSA) is 118 Å². The van der Waals surface area contributed by atoms with E-state index in [9.17, 15) is 14.7 Å². The summed E-state index contributed by atoms with van der Waals surface area (Å²) in [6.07, 6.45) is 3.07. The molecule has 3 rings (SSSR count). The number of aromatic carboxylic acids is 1. The lowest BCUT2D eigenvalue weighted by molar-refractivity contribution is 0.0692. The molecule has 0 fully saturated rings. The number of carbonyl (C=O) groups is 2. The molecule has 0 aromatic carbocycles. The fraction of sp³-hybridized carbons (Fsp3) is 0.222. The van der Waals surface area contributed by atoms with E-state index in [-0.39, 0.29) is 22.9 Å². The van der Waals surface area contributed by atoms with Crippen LogP contribution in [0.4, 0.5) is 0 Å². The maximum absolute atomic E-state index is 12.4. The first-order chi connectivity index (χ1) is 12.4. The maximum Gasteiger partial charge on any atom is 0.341 e. The van der Waals surface area contributed by atoms with Crippen molar-refractivity contribution in [3.63, 3.8) is 0 Å². The Morgan fingerprint density at radius 1 is 1.31 bits per heavy atom. The van der Waals surface area contributed by atoms with Gasteiger partial charge in [0.05, 0.1) is 11.6 Å². The van der Waals surface area contributed by atoms with Gasteiger partial charge in [0.1, 0.15) is 22.8 Å². The summed E-state index contributed by atoms with van der Waals surface area (Å²) >= 11 is 0. The van der Waals surface area contributed by atoms with Crippen LogP contribution in [0.2, 0.25) is 0 Å². The van der Waals surface area contributed by atoms with Gasteiger partial charge >= 0.3 is 5.97 Å². The van der Waals surface area contributed by atoms with E-state index in [1.165, 1.54) is 6.20 Å². The summed E-state index contributed by atoms with van der Waals surface area (Å²) in [5.74, 6) is -0.425. The van der Waals surface area contributed by atoms with Gasteiger partial charge in [-0.2, -0.15) is 0 Å². The van der Waals surface area contributed by atoms with E-state index in [4.69, 9.17) is 8.94 Å². The van der Waals surface area contributed by atoms with Crippen molar-refractivity contribution in [2.75, 3.05) is 0 Å². The Bertz CT molecular complexity index is 959. The van der Waals surface area contributed by atoms with Crippen LogP contribution >= 0.6 is 0 Å². The number of nitrogens with zero attached hydrogens (tertiary/aromatic N) is 2. The molecular formula is C18H17N3O5. The van der Waals surface area contributed by atoms with Gasteiger partial charge in [0, 0.05) is 18.0 Å². The van der Waals surface area contributed by atoms with E-state index in [0.29, 0.717) is 22.6 Å². The summed E-state index contributed by atoms with van der Waals surface area (Å²) in [5, 5.41) is 16.2. The summed E-state index contributed by atoms with van der Waals surface area (Å²) in [7, 11) is 0. The van der Waals surface area contributed by atoms with E-state index in [1.54, 1.807) is 45.2 Å². The lowest BCUT2D eigenvalue weighted by atomic mass is 10.0. The van der Waals surface area contributed by atoms with Crippen LogP contribution in [0.15, 0.2) is 39.5 Å². The molecule has 1 atom stereocenters. The normalized spacial score (nSPS) is 12.0. The number of aromatic nitrogens is 2. The minimum atomic E-state index is -1.20. The highest BCUT2D eigenvalue weighted by Gasteiger charge is 2.28. The number of rotatable bonds is 5. The SMILES string of the molecule is Cc1cc(C(=O)N[C@H](C)c2onc(-c3cccnc3)c2C(=O)O)c(C)o1. The zero-order valence-electron chi connectivity index (χ0n) is 14.4. The first-order valence-corrected chi connectivity index (χ1v) is 7.89. The predicted octanol–water partition coefficient (Wildman–Crippen LogP) is 3.14. The Balaban J connectivity index is 1.91. The van der Waals surface area contributed by atoms with Gasteiger partial charge < -0.3 is 19.4 Å². The van der Waals surface area contributed by atoms with Crippen LogP contribution < -0.4 is 5.32 Å².